The summed E-state index contributed by atoms with van der Waals surface area (Å²) in [6.07, 6.45) is 5.25. The van der Waals surface area contributed by atoms with Crippen molar-refractivity contribution in [3.8, 4) is 0 Å². The number of aromatic amines is 2. The minimum absolute atomic E-state index is 0.0239. The summed E-state index contributed by atoms with van der Waals surface area (Å²) in [5, 5.41) is 15.3. The molecule has 4 rings (SSSR count). The van der Waals surface area contributed by atoms with Gasteiger partial charge >= 0.3 is 0 Å². The quantitative estimate of drug-likeness (QED) is 0.107. The molecule has 58 heavy (non-hydrogen) atoms. The zero-order valence-electron chi connectivity index (χ0n) is 40.1. The summed E-state index contributed by atoms with van der Waals surface area (Å²) in [5.41, 5.74) is 4.67. The number of ketones is 1. The largest absolute Gasteiger partial charge is 0.361 e. The van der Waals surface area contributed by atoms with Crippen LogP contribution in [-0.4, -0.2) is 48.5 Å². The maximum Gasteiger partial charge on any atom is 0.222 e. The molecule has 0 saturated carbocycles. The second-order valence-corrected chi connectivity index (χ2v) is 19.2. The van der Waals surface area contributed by atoms with E-state index in [4.69, 9.17) is 4.52 Å². The van der Waals surface area contributed by atoms with Crippen LogP contribution in [0.5, 0.6) is 0 Å². The molecule has 0 aliphatic carbocycles. The number of carbonyl (C=O) groups excluding carboxylic acids is 2. The van der Waals surface area contributed by atoms with E-state index in [2.05, 4.69) is 152 Å². The normalized spacial score (nSPS) is 11.3. The van der Waals surface area contributed by atoms with Crippen LogP contribution in [0.1, 0.15) is 243 Å². The van der Waals surface area contributed by atoms with Crippen molar-refractivity contribution in [2.75, 3.05) is 6.54 Å². The van der Waals surface area contributed by atoms with Crippen LogP contribution in [0, 0.1) is 11.8 Å². The fourth-order valence-electron chi connectivity index (χ4n) is 4.53. The molecule has 0 bridgehead atoms. The highest BCUT2D eigenvalue weighted by Crippen LogP contribution is 2.26. The molecule has 0 fully saturated rings. The van der Waals surface area contributed by atoms with E-state index in [9.17, 15) is 9.59 Å². The summed E-state index contributed by atoms with van der Waals surface area (Å²) in [7, 11) is 0. The van der Waals surface area contributed by atoms with Gasteiger partial charge < -0.3 is 14.8 Å². The zero-order chi connectivity index (χ0) is 44.9. The fraction of sp³-hybridized carbons (Fsp3) is 0.702. The van der Waals surface area contributed by atoms with E-state index >= 15 is 0 Å². The molecule has 4 heterocycles. The number of hydrogen-bond acceptors (Lipinski definition) is 8. The first-order valence-corrected chi connectivity index (χ1v) is 22.5. The predicted molar refractivity (Wildman–Crippen MR) is 245 cm³/mol. The Labute approximate surface area is 357 Å². The van der Waals surface area contributed by atoms with Gasteiger partial charge in [-0.05, 0) is 42.1 Å². The van der Waals surface area contributed by atoms with Crippen LogP contribution >= 0.6 is 11.3 Å². The highest BCUT2D eigenvalue weighted by molar-refractivity contribution is 7.11. The number of nitrogens with one attached hydrogen (secondary N) is 3. The van der Waals surface area contributed by atoms with Crippen LogP contribution in [-0.2, 0) is 9.59 Å². The zero-order valence-corrected chi connectivity index (χ0v) is 40.9. The van der Waals surface area contributed by atoms with Crippen molar-refractivity contribution in [3.05, 3.63) is 68.8 Å². The number of aromatic nitrogens is 6. The Morgan fingerprint density at radius 2 is 1.22 bits per heavy atom. The molecule has 0 aliphatic rings. The Morgan fingerprint density at radius 1 is 0.638 bits per heavy atom. The third kappa shape index (κ3) is 22.0. The first-order chi connectivity index (χ1) is 26.9. The van der Waals surface area contributed by atoms with Gasteiger partial charge in [-0.25, -0.2) is 9.97 Å². The van der Waals surface area contributed by atoms with Crippen molar-refractivity contribution in [2.24, 2.45) is 11.8 Å². The molecule has 0 atom stereocenters. The van der Waals surface area contributed by atoms with Crippen molar-refractivity contribution >= 4 is 23.0 Å². The van der Waals surface area contributed by atoms with Crippen molar-refractivity contribution in [3.63, 3.8) is 0 Å². The molecule has 1 amide bonds. The number of hydrogen-bond donors (Lipinski definition) is 3. The van der Waals surface area contributed by atoms with Crippen LogP contribution in [0.2, 0.25) is 0 Å². The van der Waals surface area contributed by atoms with Crippen LogP contribution in [0.4, 0.5) is 0 Å². The smallest absolute Gasteiger partial charge is 0.222 e. The minimum atomic E-state index is 0.0239. The number of rotatable bonds is 14. The Hall–Kier alpha value is -3.60. The van der Waals surface area contributed by atoms with Gasteiger partial charge in [0.15, 0.2) is 0 Å². The van der Waals surface area contributed by atoms with Gasteiger partial charge in [0.25, 0.3) is 0 Å². The van der Waals surface area contributed by atoms with Gasteiger partial charge in [0, 0.05) is 77.3 Å². The Kier molecular flexibility index (Phi) is 26.2. The Balaban J connectivity index is 0.000000702. The lowest BCUT2D eigenvalue weighted by Crippen LogP contribution is -2.29. The first-order valence-electron chi connectivity index (χ1n) is 21.7. The van der Waals surface area contributed by atoms with Crippen LogP contribution in [0.3, 0.4) is 0 Å². The van der Waals surface area contributed by atoms with Crippen molar-refractivity contribution < 1.29 is 14.1 Å². The number of thiazole rings is 1. The number of Topliss-reactive ketones (excluding diaryl/α,β-unsaturated/α-hetero) is 1. The third-order valence-electron chi connectivity index (χ3n) is 8.99. The number of carbonyl (C=O) groups is 2. The molecule has 0 saturated heterocycles. The summed E-state index contributed by atoms with van der Waals surface area (Å²) in [5.74, 6) is 6.76. The van der Waals surface area contributed by atoms with Gasteiger partial charge in [0.1, 0.15) is 17.4 Å². The van der Waals surface area contributed by atoms with E-state index in [0.29, 0.717) is 60.3 Å². The molecule has 10 nitrogen and oxygen atoms in total. The van der Waals surface area contributed by atoms with Crippen molar-refractivity contribution in [1.82, 2.24) is 35.6 Å². The predicted octanol–water partition coefficient (Wildman–Crippen LogP) is 13.4. The standard InChI is InChI=1S/C11H21NO2.2C9H16N2.C9H15NO.C9H15NS/c1-8(2)10(13)6-5-7-12-11(14)9(3)4;1-6(2)8-5-10-9(11-8)7(3)4;2*1-6(2)8-5-9(7(3)4)11-10-8;1-6(2)8-5-10-9(11-8)7(3)4/h8-9H,5-7H2,1-4H3,(H,12,14);2*5-7H,1-4H3,(H,10,11);2*5-7H,1-4H3. The monoisotopic (exact) mass is 826 g/mol. The molecular formula is C47H83N7O3S. The molecule has 0 radical (unpaired) electrons. The minimum Gasteiger partial charge on any atom is -0.361 e. The van der Waals surface area contributed by atoms with Crippen LogP contribution in [0.25, 0.3) is 0 Å². The first kappa shape index (κ1) is 54.4. The summed E-state index contributed by atoms with van der Waals surface area (Å²) in [6.45, 7) is 42.6. The second kappa shape index (κ2) is 28.0. The van der Waals surface area contributed by atoms with E-state index in [-0.39, 0.29) is 23.5 Å². The summed E-state index contributed by atoms with van der Waals surface area (Å²) in [6, 6.07) is 4.19. The summed E-state index contributed by atoms with van der Waals surface area (Å²) < 4.78 is 5.14. The van der Waals surface area contributed by atoms with E-state index in [1.54, 1.807) is 0 Å². The SMILES string of the molecule is CC(C)C(=O)CCCNC(=O)C(C)C.CC(C)c1cc(C(C)C)[nH]n1.CC(C)c1cc(C(C)C)on1.CC(C)c1cnc(C(C)C)[nH]1.CC(C)c1cnc(C(C)C)s1. The van der Waals surface area contributed by atoms with Gasteiger partial charge in [0.05, 0.1) is 16.4 Å². The molecule has 330 valence electrons. The topological polar surface area (TPSA) is 142 Å². The molecule has 3 N–H and O–H groups in total. The lowest BCUT2D eigenvalue weighted by atomic mass is 10.0. The third-order valence-corrected chi connectivity index (χ3v) is 10.6. The molecule has 0 aliphatic heterocycles. The average molecular weight is 826 g/mol. The molecule has 4 aromatic rings. The highest BCUT2D eigenvalue weighted by atomic mass is 32.1. The number of amides is 1. The van der Waals surface area contributed by atoms with Gasteiger partial charge in [-0.15, -0.1) is 11.3 Å². The maximum atomic E-state index is 11.2. The van der Waals surface area contributed by atoms with Gasteiger partial charge in [-0.2, -0.15) is 5.10 Å². The van der Waals surface area contributed by atoms with E-state index in [1.807, 2.05) is 57.5 Å². The molecule has 0 unspecified atom stereocenters. The maximum absolute atomic E-state index is 11.2. The lowest BCUT2D eigenvalue weighted by Gasteiger charge is -2.07. The summed E-state index contributed by atoms with van der Waals surface area (Å²) >= 11 is 1.84. The molecule has 0 aromatic carbocycles. The Morgan fingerprint density at radius 3 is 1.53 bits per heavy atom. The fourth-order valence-corrected chi connectivity index (χ4v) is 5.46. The van der Waals surface area contributed by atoms with Gasteiger partial charge in [0.2, 0.25) is 5.91 Å². The molecule has 11 heteroatoms. The molecular weight excluding hydrogens is 743 g/mol. The van der Waals surface area contributed by atoms with Gasteiger partial charge in [-0.3, -0.25) is 14.7 Å². The van der Waals surface area contributed by atoms with E-state index in [0.717, 1.165) is 29.4 Å². The second-order valence-electron chi connectivity index (χ2n) is 18.1. The number of imidazole rings is 1. The van der Waals surface area contributed by atoms with E-state index < -0.39 is 0 Å². The summed E-state index contributed by atoms with van der Waals surface area (Å²) in [4.78, 5) is 35.7. The lowest BCUT2D eigenvalue weighted by molar-refractivity contribution is -0.125. The Bertz CT molecular complexity index is 1360. The van der Waals surface area contributed by atoms with E-state index in [1.165, 1.54) is 21.3 Å². The average Bonchev–Trinajstić information content (AvgIpc) is 3.96. The van der Waals surface area contributed by atoms with Gasteiger partial charge in [-0.1, -0.05) is 144 Å². The van der Waals surface area contributed by atoms with Crippen molar-refractivity contribution in [2.45, 2.75) is 199 Å². The van der Waals surface area contributed by atoms with Crippen LogP contribution in [0.15, 0.2) is 29.0 Å². The highest BCUT2D eigenvalue weighted by Gasteiger charge is 2.11. The number of nitrogens with zero attached hydrogens (tertiary/aromatic N) is 4. The molecule has 4 aromatic heterocycles. The van der Waals surface area contributed by atoms with Crippen LogP contribution < -0.4 is 5.32 Å². The molecule has 0 spiro atoms. The van der Waals surface area contributed by atoms with Crippen molar-refractivity contribution in [1.29, 1.82) is 0 Å². The number of H-pyrrole nitrogens is 2.